The first-order chi connectivity index (χ1) is 15.9. The van der Waals surface area contributed by atoms with Crippen molar-refractivity contribution >= 4 is 32.8 Å². The Morgan fingerprint density at radius 3 is 2.69 bits per heavy atom. The smallest absolute Gasteiger partial charge is 0.161 e. The van der Waals surface area contributed by atoms with Crippen LogP contribution in [0.3, 0.4) is 0 Å². The van der Waals surface area contributed by atoms with Crippen LogP contribution in [0.2, 0.25) is 0 Å². The first-order valence-corrected chi connectivity index (χ1v) is 9.60. The summed E-state index contributed by atoms with van der Waals surface area (Å²) >= 11 is 0. The van der Waals surface area contributed by atoms with Gasteiger partial charge in [0, 0.05) is 41.0 Å². The van der Waals surface area contributed by atoms with Gasteiger partial charge in [-0.2, -0.15) is 0 Å². The van der Waals surface area contributed by atoms with Crippen molar-refractivity contribution in [3.8, 4) is 11.3 Å². The number of nitrogens with zero attached hydrogens (tertiary/aromatic N) is 2. The van der Waals surface area contributed by atoms with Crippen LogP contribution in [0.4, 0.5) is 0 Å². The Morgan fingerprint density at radius 2 is 1.86 bits per heavy atom. The highest BCUT2D eigenvalue weighted by Crippen LogP contribution is 2.38. The third-order valence-electron chi connectivity index (χ3n) is 4.93. The second kappa shape index (κ2) is 6.41. The van der Waals surface area contributed by atoms with Crippen molar-refractivity contribution in [1.29, 1.82) is 0 Å². The number of aryl methyl sites for hydroxylation is 1. The number of para-hydroxylation sites is 1. The van der Waals surface area contributed by atoms with Crippen molar-refractivity contribution in [2.75, 3.05) is 0 Å². The molecule has 5 aromatic rings. The van der Waals surface area contributed by atoms with Gasteiger partial charge in [0.15, 0.2) is 5.58 Å². The van der Waals surface area contributed by atoms with Gasteiger partial charge in [-0.1, -0.05) is 45.0 Å². The molecule has 0 saturated carbocycles. The zero-order valence-corrected chi connectivity index (χ0v) is 16.6. The van der Waals surface area contributed by atoms with Crippen LogP contribution in [0.15, 0.2) is 65.3 Å². The quantitative estimate of drug-likeness (QED) is 0.325. The fourth-order valence-electron chi connectivity index (χ4n) is 3.71. The SMILES string of the molecule is [2H]C([2H])([2H])c1cnc(-c2cccc3c2oc2c3ccc3cccnc32)cc1C([2H])([2H])C(C)(C)C. The molecule has 0 spiro atoms. The molecule has 0 atom stereocenters. The average Bonchev–Trinajstić information content (AvgIpc) is 3.16. The highest BCUT2D eigenvalue weighted by Gasteiger charge is 2.18. The van der Waals surface area contributed by atoms with Gasteiger partial charge < -0.3 is 4.42 Å². The molecule has 0 aliphatic heterocycles. The van der Waals surface area contributed by atoms with Gasteiger partial charge in [0.05, 0.1) is 5.69 Å². The number of hydrogen-bond acceptors (Lipinski definition) is 3. The van der Waals surface area contributed by atoms with E-state index in [-0.39, 0.29) is 11.1 Å². The van der Waals surface area contributed by atoms with Gasteiger partial charge in [-0.25, -0.2) is 0 Å². The van der Waals surface area contributed by atoms with Crippen molar-refractivity contribution in [3.63, 3.8) is 0 Å². The maximum absolute atomic E-state index is 8.80. The molecule has 3 heterocycles. The summed E-state index contributed by atoms with van der Waals surface area (Å²) in [5, 5.41) is 2.78. The Balaban J connectivity index is 1.80. The normalized spacial score (nSPS) is 15.8. The molecule has 0 unspecified atom stereocenters. The molecule has 3 aromatic heterocycles. The average molecular weight is 386 g/mol. The molecule has 2 aromatic carbocycles. The zero-order valence-electron chi connectivity index (χ0n) is 21.6. The topological polar surface area (TPSA) is 38.9 Å². The predicted octanol–water partition coefficient (Wildman–Crippen LogP) is 7.09. The highest BCUT2D eigenvalue weighted by molar-refractivity contribution is 6.16. The van der Waals surface area contributed by atoms with Gasteiger partial charge in [-0.15, -0.1) is 0 Å². The lowest BCUT2D eigenvalue weighted by Gasteiger charge is -2.20. The van der Waals surface area contributed by atoms with Crippen LogP contribution in [0, 0.1) is 12.3 Å². The molecular weight excluding hydrogens is 356 g/mol. The summed E-state index contributed by atoms with van der Waals surface area (Å²) in [6.45, 7) is 2.78. The summed E-state index contributed by atoms with van der Waals surface area (Å²) in [5.41, 5.74) is 2.36. The lowest BCUT2D eigenvalue weighted by molar-refractivity contribution is 0.410. The minimum Gasteiger partial charge on any atom is -0.453 e. The van der Waals surface area contributed by atoms with E-state index in [2.05, 4.69) is 9.97 Å². The second-order valence-electron chi connectivity index (χ2n) is 8.29. The van der Waals surface area contributed by atoms with E-state index in [1.165, 1.54) is 6.20 Å². The predicted molar refractivity (Wildman–Crippen MR) is 120 cm³/mol. The van der Waals surface area contributed by atoms with E-state index in [1.54, 1.807) is 33.0 Å². The standard InChI is InChI=1S/C26H24N2O/c1-16-15-28-22(13-18(16)14-26(2,3)4)21-9-5-8-19-20-11-10-17-7-6-12-27-23(17)25(20)29-24(19)21/h5-13,15H,14H2,1-4H3/i1D3,14D2. The number of rotatable bonds is 2. The van der Waals surface area contributed by atoms with Gasteiger partial charge in [-0.05, 0) is 54.0 Å². The molecule has 0 amide bonds. The minimum atomic E-state index is -2.49. The zero-order chi connectivity index (χ0) is 24.5. The lowest BCUT2D eigenvalue weighted by Crippen LogP contribution is -2.10. The van der Waals surface area contributed by atoms with Crippen molar-refractivity contribution in [2.24, 2.45) is 5.41 Å². The van der Waals surface area contributed by atoms with E-state index >= 15 is 0 Å². The Hall–Kier alpha value is -3.20. The number of aromatic nitrogens is 2. The van der Waals surface area contributed by atoms with Crippen molar-refractivity contribution in [1.82, 2.24) is 9.97 Å². The minimum absolute atomic E-state index is 0.0804. The number of benzene rings is 2. The van der Waals surface area contributed by atoms with E-state index in [0.717, 1.165) is 21.7 Å². The van der Waals surface area contributed by atoms with Crippen LogP contribution in [-0.2, 0) is 6.37 Å². The third-order valence-corrected chi connectivity index (χ3v) is 4.93. The number of fused-ring (bicyclic) bond motifs is 5. The highest BCUT2D eigenvalue weighted by atomic mass is 16.3. The Kier molecular flexibility index (Phi) is 2.90. The largest absolute Gasteiger partial charge is 0.453 e. The van der Waals surface area contributed by atoms with Crippen LogP contribution >= 0.6 is 0 Å². The third kappa shape index (κ3) is 3.07. The Labute approximate surface area is 177 Å². The molecule has 144 valence electrons. The monoisotopic (exact) mass is 385 g/mol. The van der Waals surface area contributed by atoms with Crippen LogP contribution in [0.1, 0.15) is 38.8 Å². The van der Waals surface area contributed by atoms with E-state index in [9.17, 15) is 0 Å². The molecule has 0 saturated heterocycles. The van der Waals surface area contributed by atoms with Crippen LogP contribution in [-0.4, -0.2) is 9.97 Å². The van der Waals surface area contributed by atoms with Gasteiger partial charge >= 0.3 is 0 Å². The molecule has 3 nitrogen and oxygen atoms in total. The molecular formula is C26H24N2O. The molecule has 0 N–H and O–H groups in total. The number of furan rings is 1. The summed E-state index contributed by atoms with van der Waals surface area (Å²) in [6.07, 6.45) is 1.10. The molecule has 0 radical (unpaired) electrons. The first-order valence-electron chi connectivity index (χ1n) is 12.1. The Bertz CT molecular complexity index is 1560. The molecule has 0 aliphatic carbocycles. The fraction of sp³-hybridized carbons (Fsp3) is 0.231. The van der Waals surface area contributed by atoms with E-state index in [0.29, 0.717) is 22.4 Å². The summed E-state index contributed by atoms with van der Waals surface area (Å²) in [7, 11) is 0. The summed E-state index contributed by atoms with van der Waals surface area (Å²) < 4.78 is 47.8. The van der Waals surface area contributed by atoms with Crippen molar-refractivity contribution in [2.45, 2.75) is 34.0 Å². The Morgan fingerprint density at radius 1 is 1.00 bits per heavy atom. The van der Waals surface area contributed by atoms with Crippen molar-refractivity contribution in [3.05, 3.63) is 72.1 Å². The van der Waals surface area contributed by atoms with Gasteiger partial charge in [-0.3, -0.25) is 9.97 Å². The van der Waals surface area contributed by atoms with Gasteiger partial charge in [0.25, 0.3) is 0 Å². The van der Waals surface area contributed by atoms with Gasteiger partial charge in [0.2, 0.25) is 0 Å². The van der Waals surface area contributed by atoms with Crippen LogP contribution in [0.5, 0.6) is 0 Å². The molecule has 3 heteroatoms. The lowest BCUT2D eigenvalue weighted by atomic mass is 9.86. The summed E-state index contributed by atoms with van der Waals surface area (Å²) in [4.78, 5) is 8.95. The first kappa shape index (κ1) is 13.1. The number of hydrogen-bond donors (Lipinski definition) is 0. The summed E-state index contributed by atoms with van der Waals surface area (Å²) in [5.74, 6) is 0. The molecule has 29 heavy (non-hydrogen) atoms. The van der Waals surface area contributed by atoms with E-state index < -0.39 is 18.6 Å². The maximum Gasteiger partial charge on any atom is 0.161 e. The van der Waals surface area contributed by atoms with E-state index in [1.807, 2.05) is 42.5 Å². The maximum atomic E-state index is 8.80. The van der Waals surface area contributed by atoms with Gasteiger partial charge in [0.1, 0.15) is 11.1 Å². The molecule has 0 aliphatic rings. The summed E-state index contributed by atoms with van der Waals surface area (Å²) in [6, 6.07) is 15.1. The van der Waals surface area contributed by atoms with E-state index in [4.69, 9.17) is 11.3 Å². The van der Waals surface area contributed by atoms with Crippen molar-refractivity contribution < 1.29 is 11.3 Å². The molecule has 0 bridgehead atoms. The fourth-order valence-corrected chi connectivity index (χ4v) is 3.71. The number of pyridine rings is 2. The van der Waals surface area contributed by atoms with Crippen LogP contribution in [0.25, 0.3) is 44.1 Å². The molecule has 5 rings (SSSR count). The molecule has 0 fully saturated rings. The second-order valence-corrected chi connectivity index (χ2v) is 8.29. The van der Waals surface area contributed by atoms with Crippen LogP contribution < -0.4 is 0 Å².